The standard InChI is InChI=1S/C11H18N2O3/c1-5-9(8(3)14)11-12-10(13-16-11)6-7(2)15-4/h7,9H,5-6H2,1-4H3. The van der Waals surface area contributed by atoms with Gasteiger partial charge in [-0.3, -0.25) is 4.79 Å². The van der Waals surface area contributed by atoms with Crippen molar-refractivity contribution in [2.75, 3.05) is 7.11 Å². The molecular weight excluding hydrogens is 208 g/mol. The lowest BCUT2D eigenvalue weighted by atomic mass is 10.0. The van der Waals surface area contributed by atoms with E-state index in [1.165, 1.54) is 6.92 Å². The number of carbonyl (C=O) groups excluding carboxylic acids is 1. The lowest BCUT2D eigenvalue weighted by molar-refractivity contribution is -0.119. The van der Waals surface area contributed by atoms with E-state index >= 15 is 0 Å². The number of nitrogens with zero attached hydrogens (tertiary/aromatic N) is 2. The number of Topliss-reactive ketones (excluding diaryl/α,β-unsaturated/α-hetero) is 1. The summed E-state index contributed by atoms with van der Waals surface area (Å²) in [7, 11) is 1.63. The number of ether oxygens (including phenoxy) is 1. The first kappa shape index (κ1) is 12.8. The van der Waals surface area contributed by atoms with Gasteiger partial charge >= 0.3 is 0 Å². The van der Waals surface area contributed by atoms with Crippen molar-refractivity contribution in [2.45, 2.75) is 45.6 Å². The van der Waals surface area contributed by atoms with Crippen molar-refractivity contribution in [2.24, 2.45) is 0 Å². The van der Waals surface area contributed by atoms with Crippen LogP contribution in [0.15, 0.2) is 4.52 Å². The minimum absolute atomic E-state index is 0.0443. The number of hydrogen-bond donors (Lipinski definition) is 0. The Kier molecular flexibility index (Phi) is 4.61. The number of rotatable bonds is 6. The number of aromatic nitrogens is 2. The van der Waals surface area contributed by atoms with E-state index in [2.05, 4.69) is 10.1 Å². The highest BCUT2D eigenvalue weighted by atomic mass is 16.5. The monoisotopic (exact) mass is 226 g/mol. The average molecular weight is 226 g/mol. The summed E-state index contributed by atoms with van der Waals surface area (Å²) in [5.41, 5.74) is 0. The molecule has 0 aromatic carbocycles. The molecule has 0 bridgehead atoms. The van der Waals surface area contributed by atoms with Gasteiger partial charge in [0.05, 0.1) is 12.0 Å². The van der Waals surface area contributed by atoms with Crippen LogP contribution in [0.4, 0.5) is 0 Å². The van der Waals surface area contributed by atoms with Crippen LogP contribution in [0.3, 0.4) is 0 Å². The van der Waals surface area contributed by atoms with E-state index < -0.39 is 0 Å². The molecule has 0 fully saturated rings. The van der Waals surface area contributed by atoms with E-state index in [1.54, 1.807) is 7.11 Å². The molecule has 1 aromatic rings. The van der Waals surface area contributed by atoms with Crippen LogP contribution >= 0.6 is 0 Å². The average Bonchev–Trinajstić information content (AvgIpc) is 2.66. The van der Waals surface area contributed by atoms with E-state index in [0.29, 0.717) is 24.6 Å². The highest BCUT2D eigenvalue weighted by Crippen LogP contribution is 2.18. The van der Waals surface area contributed by atoms with Crippen LogP contribution in [-0.2, 0) is 16.0 Å². The highest BCUT2D eigenvalue weighted by Gasteiger charge is 2.21. The molecule has 2 unspecified atom stereocenters. The van der Waals surface area contributed by atoms with Crippen LogP contribution in [0, 0.1) is 0 Å². The molecule has 16 heavy (non-hydrogen) atoms. The SMILES string of the molecule is CCC(C(C)=O)c1nc(CC(C)OC)no1. The van der Waals surface area contributed by atoms with Gasteiger partial charge in [0.2, 0.25) is 5.89 Å². The summed E-state index contributed by atoms with van der Waals surface area (Å²) in [6.45, 7) is 5.39. The van der Waals surface area contributed by atoms with Crippen molar-refractivity contribution in [3.8, 4) is 0 Å². The van der Waals surface area contributed by atoms with Crippen molar-refractivity contribution in [3.05, 3.63) is 11.7 Å². The second kappa shape index (κ2) is 5.75. The third-order valence-corrected chi connectivity index (χ3v) is 2.55. The zero-order chi connectivity index (χ0) is 12.1. The molecule has 0 saturated heterocycles. The zero-order valence-electron chi connectivity index (χ0n) is 10.2. The predicted molar refractivity (Wildman–Crippen MR) is 58.2 cm³/mol. The Morgan fingerprint density at radius 2 is 2.25 bits per heavy atom. The first-order valence-corrected chi connectivity index (χ1v) is 5.44. The molecule has 1 rings (SSSR count). The predicted octanol–water partition coefficient (Wildman–Crippen LogP) is 1.73. The largest absolute Gasteiger partial charge is 0.381 e. The molecule has 0 radical (unpaired) electrons. The summed E-state index contributed by atoms with van der Waals surface area (Å²) >= 11 is 0. The van der Waals surface area contributed by atoms with Crippen molar-refractivity contribution in [1.29, 1.82) is 0 Å². The molecule has 0 aliphatic rings. The van der Waals surface area contributed by atoms with Crippen molar-refractivity contribution in [3.63, 3.8) is 0 Å². The van der Waals surface area contributed by atoms with E-state index in [1.807, 2.05) is 13.8 Å². The number of methoxy groups -OCH3 is 1. The molecular formula is C11H18N2O3. The fourth-order valence-corrected chi connectivity index (χ4v) is 1.47. The Bertz CT molecular complexity index is 349. The summed E-state index contributed by atoms with van der Waals surface area (Å²) < 4.78 is 10.2. The van der Waals surface area contributed by atoms with Crippen LogP contribution in [0.2, 0.25) is 0 Å². The second-order valence-corrected chi connectivity index (χ2v) is 3.87. The van der Waals surface area contributed by atoms with Crippen molar-refractivity contribution < 1.29 is 14.1 Å². The Hall–Kier alpha value is -1.23. The quantitative estimate of drug-likeness (QED) is 0.739. The zero-order valence-corrected chi connectivity index (χ0v) is 10.2. The van der Waals surface area contributed by atoms with Crippen molar-refractivity contribution >= 4 is 5.78 Å². The molecule has 2 atom stereocenters. The smallest absolute Gasteiger partial charge is 0.237 e. The fourth-order valence-electron chi connectivity index (χ4n) is 1.47. The maximum absolute atomic E-state index is 11.3. The normalized spacial score (nSPS) is 14.8. The van der Waals surface area contributed by atoms with Gasteiger partial charge in [-0.1, -0.05) is 12.1 Å². The van der Waals surface area contributed by atoms with E-state index in [0.717, 1.165) is 0 Å². The lowest BCUT2D eigenvalue weighted by Gasteiger charge is -2.05. The van der Waals surface area contributed by atoms with E-state index in [4.69, 9.17) is 9.26 Å². The molecule has 0 N–H and O–H groups in total. The van der Waals surface area contributed by atoms with Gasteiger partial charge in [0.15, 0.2) is 5.82 Å². The van der Waals surface area contributed by atoms with Crippen LogP contribution in [0.1, 0.15) is 44.8 Å². The minimum Gasteiger partial charge on any atom is -0.381 e. The number of carbonyl (C=O) groups is 1. The molecule has 0 saturated carbocycles. The fraction of sp³-hybridized carbons (Fsp3) is 0.727. The number of hydrogen-bond acceptors (Lipinski definition) is 5. The minimum atomic E-state index is -0.279. The molecule has 5 nitrogen and oxygen atoms in total. The van der Waals surface area contributed by atoms with Crippen LogP contribution in [-0.4, -0.2) is 29.1 Å². The summed E-state index contributed by atoms with van der Waals surface area (Å²) in [6, 6.07) is 0. The Morgan fingerprint density at radius 1 is 1.56 bits per heavy atom. The topological polar surface area (TPSA) is 65.2 Å². The molecule has 0 amide bonds. The third-order valence-electron chi connectivity index (χ3n) is 2.55. The molecule has 5 heteroatoms. The molecule has 0 aliphatic heterocycles. The molecule has 90 valence electrons. The van der Waals surface area contributed by atoms with Gasteiger partial charge in [-0.15, -0.1) is 0 Å². The third kappa shape index (κ3) is 3.13. The van der Waals surface area contributed by atoms with Crippen molar-refractivity contribution in [1.82, 2.24) is 10.1 Å². The van der Waals surface area contributed by atoms with Crippen LogP contribution in [0.25, 0.3) is 0 Å². The van der Waals surface area contributed by atoms with Gasteiger partial charge in [0.1, 0.15) is 5.78 Å². The van der Waals surface area contributed by atoms with Gasteiger partial charge in [0.25, 0.3) is 0 Å². The van der Waals surface area contributed by atoms with Crippen LogP contribution in [0.5, 0.6) is 0 Å². The highest BCUT2D eigenvalue weighted by molar-refractivity contribution is 5.82. The molecule has 0 aliphatic carbocycles. The first-order chi connectivity index (χ1) is 7.58. The molecule has 0 spiro atoms. The number of ketones is 1. The second-order valence-electron chi connectivity index (χ2n) is 3.87. The van der Waals surface area contributed by atoms with Gasteiger partial charge in [-0.05, 0) is 20.3 Å². The lowest BCUT2D eigenvalue weighted by Crippen LogP contribution is -2.11. The van der Waals surface area contributed by atoms with Crippen LogP contribution < -0.4 is 0 Å². The Labute approximate surface area is 95.2 Å². The Morgan fingerprint density at radius 3 is 2.75 bits per heavy atom. The first-order valence-electron chi connectivity index (χ1n) is 5.44. The van der Waals surface area contributed by atoms with Gasteiger partial charge in [-0.25, -0.2) is 0 Å². The summed E-state index contributed by atoms with van der Waals surface area (Å²) in [5.74, 6) is 0.772. The summed E-state index contributed by atoms with van der Waals surface area (Å²) in [5, 5.41) is 3.84. The summed E-state index contributed by atoms with van der Waals surface area (Å²) in [6.07, 6.45) is 1.31. The summed E-state index contributed by atoms with van der Waals surface area (Å²) in [4.78, 5) is 15.5. The maximum Gasteiger partial charge on any atom is 0.237 e. The van der Waals surface area contributed by atoms with Gasteiger partial charge in [-0.2, -0.15) is 4.98 Å². The maximum atomic E-state index is 11.3. The molecule has 1 heterocycles. The van der Waals surface area contributed by atoms with E-state index in [9.17, 15) is 4.79 Å². The van der Waals surface area contributed by atoms with E-state index in [-0.39, 0.29) is 17.8 Å². The Balaban J connectivity index is 2.73. The van der Waals surface area contributed by atoms with Gasteiger partial charge < -0.3 is 9.26 Å². The molecule has 1 aromatic heterocycles. The van der Waals surface area contributed by atoms with Gasteiger partial charge in [0, 0.05) is 13.5 Å².